The zero-order chi connectivity index (χ0) is 20.2. The molecule has 0 spiro atoms. The molecule has 6 nitrogen and oxygen atoms in total. The third kappa shape index (κ3) is 4.49. The Bertz CT molecular complexity index is 1020. The van der Waals surface area contributed by atoms with Gasteiger partial charge in [0.25, 0.3) is 0 Å². The minimum atomic E-state index is -0.0189. The Morgan fingerprint density at radius 2 is 1.93 bits per heavy atom. The van der Waals surface area contributed by atoms with E-state index in [1.165, 1.54) is 5.56 Å². The number of nitrogens with zero attached hydrogens (tertiary/aromatic N) is 3. The number of rotatable bonds is 5. The average molecular weight is 408 g/mol. The third-order valence-corrected chi connectivity index (χ3v) is 5.18. The molecule has 2 N–H and O–H groups in total. The van der Waals surface area contributed by atoms with Gasteiger partial charge in [0.2, 0.25) is 11.9 Å². The first-order valence-corrected chi connectivity index (χ1v) is 10.0. The molecule has 3 aromatic rings. The minimum Gasteiger partial charge on any atom is -0.340 e. The number of aryl methyl sites for hydroxylation is 1. The summed E-state index contributed by atoms with van der Waals surface area (Å²) in [4.78, 5) is 22.6. The maximum Gasteiger partial charge on any atom is 0.237 e. The maximum absolute atomic E-state index is 11.8. The van der Waals surface area contributed by atoms with Crippen LogP contribution in [0.3, 0.4) is 0 Å². The van der Waals surface area contributed by atoms with E-state index in [1.54, 1.807) is 11.1 Å². The normalized spacial score (nSPS) is 13.0. The van der Waals surface area contributed by atoms with Crippen molar-refractivity contribution in [2.24, 2.45) is 0 Å². The van der Waals surface area contributed by atoms with Gasteiger partial charge in [-0.15, -0.1) is 11.6 Å². The molecule has 0 aliphatic carbocycles. The fourth-order valence-electron chi connectivity index (χ4n) is 3.34. The predicted octanol–water partition coefficient (Wildman–Crippen LogP) is 4.40. The average Bonchev–Trinajstić information content (AvgIpc) is 2.76. The number of hydrogen-bond acceptors (Lipinski definition) is 5. The van der Waals surface area contributed by atoms with Gasteiger partial charge in [-0.25, -0.2) is 4.98 Å². The van der Waals surface area contributed by atoms with Crippen molar-refractivity contribution in [2.75, 3.05) is 23.1 Å². The van der Waals surface area contributed by atoms with Crippen LogP contribution in [0.15, 0.2) is 54.7 Å². The first kappa shape index (κ1) is 19.2. The highest BCUT2D eigenvalue weighted by molar-refractivity contribution is 6.27. The van der Waals surface area contributed by atoms with Crippen LogP contribution >= 0.6 is 11.6 Å². The van der Waals surface area contributed by atoms with E-state index in [-0.39, 0.29) is 11.8 Å². The van der Waals surface area contributed by atoms with Crippen LogP contribution in [-0.4, -0.2) is 33.2 Å². The minimum absolute atomic E-state index is 0.0189. The molecule has 0 bridgehead atoms. The number of carbonyl (C=O) groups excluding carboxylic acids is 1. The monoisotopic (exact) mass is 407 g/mol. The molecule has 2 heterocycles. The van der Waals surface area contributed by atoms with Gasteiger partial charge < -0.3 is 15.5 Å². The van der Waals surface area contributed by atoms with Crippen molar-refractivity contribution in [2.45, 2.75) is 19.9 Å². The molecule has 1 aliphatic rings. The first-order chi connectivity index (χ1) is 14.1. The Morgan fingerprint density at radius 3 is 2.72 bits per heavy atom. The third-order valence-electron chi connectivity index (χ3n) is 4.95. The van der Waals surface area contributed by atoms with Crippen LogP contribution in [0, 0.1) is 6.92 Å². The lowest BCUT2D eigenvalue weighted by atomic mass is 9.99. The molecule has 1 aliphatic heterocycles. The van der Waals surface area contributed by atoms with E-state index in [1.807, 2.05) is 43.3 Å². The molecule has 0 saturated carbocycles. The highest BCUT2D eigenvalue weighted by Crippen LogP contribution is 2.26. The van der Waals surface area contributed by atoms with Gasteiger partial charge in [0.05, 0.1) is 0 Å². The number of halogens is 1. The van der Waals surface area contributed by atoms with Crippen LogP contribution in [0.1, 0.15) is 16.7 Å². The number of carbonyl (C=O) groups is 1. The molecule has 4 rings (SSSR count). The van der Waals surface area contributed by atoms with Gasteiger partial charge in [-0.2, -0.15) is 4.98 Å². The first-order valence-electron chi connectivity index (χ1n) is 9.50. The summed E-state index contributed by atoms with van der Waals surface area (Å²) in [6.07, 6.45) is 2.62. The Balaban J connectivity index is 1.51. The lowest BCUT2D eigenvalue weighted by Gasteiger charge is -2.28. The van der Waals surface area contributed by atoms with Crippen molar-refractivity contribution in [3.63, 3.8) is 0 Å². The molecule has 0 fully saturated rings. The van der Waals surface area contributed by atoms with E-state index < -0.39 is 0 Å². The summed E-state index contributed by atoms with van der Waals surface area (Å²) in [5.74, 6) is 1.31. The number of anilines is 4. The number of para-hydroxylation sites is 1. The Hall–Kier alpha value is -3.12. The summed E-state index contributed by atoms with van der Waals surface area (Å²) in [7, 11) is 0. The number of amides is 1. The Kier molecular flexibility index (Phi) is 5.62. The zero-order valence-electron chi connectivity index (χ0n) is 16.2. The summed E-state index contributed by atoms with van der Waals surface area (Å²) in [5.41, 5.74) is 5.26. The summed E-state index contributed by atoms with van der Waals surface area (Å²) in [6.45, 7) is 3.28. The van der Waals surface area contributed by atoms with Crippen LogP contribution in [-0.2, 0) is 17.8 Å². The molecular weight excluding hydrogens is 386 g/mol. The smallest absolute Gasteiger partial charge is 0.237 e. The van der Waals surface area contributed by atoms with E-state index in [0.717, 1.165) is 34.7 Å². The number of nitrogens with one attached hydrogen (secondary N) is 2. The van der Waals surface area contributed by atoms with E-state index in [4.69, 9.17) is 11.6 Å². The number of fused-ring (bicyclic) bond motifs is 1. The fourth-order valence-corrected chi connectivity index (χ4v) is 3.51. The lowest BCUT2D eigenvalue weighted by Crippen LogP contribution is -2.36. The highest BCUT2D eigenvalue weighted by Gasteiger charge is 2.20. The number of alkyl halides is 1. The summed E-state index contributed by atoms with van der Waals surface area (Å²) < 4.78 is 0. The fraction of sp³-hybridized carbons (Fsp3) is 0.227. The largest absolute Gasteiger partial charge is 0.340 e. The summed E-state index contributed by atoms with van der Waals surface area (Å²) in [5, 5.41) is 6.62. The highest BCUT2D eigenvalue weighted by atomic mass is 35.5. The molecule has 2 aromatic carbocycles. The molecule has 0 radical (unpaired) electrons. The number of aromatic nitrogens is 2. The van der Waals surface area contributed by atoms with Crippen molar-refractivity contribution < 1.29 is 4.79 Å². The molecule has 7 heteroatoms. The van der Waals surface area contributed by atoms with Crippen LogP contribution in [0.2, 0.25) is 0 Å². The summed E-state index contributed by atoms with van der Waals surface area (Å²) in [6, 6.07) is 16.0. The standard InChI is InChI=1S/C22H22ClN5O/c1-15-13-24-22(26-18-5-3-2-4-6-18)27-21(15)25-19-8-7-17-14-28(20(29)12-23)10-9-16(17)11-19/h2-8,11,13H,9-10,12,14H2,1H3,(H2,24,25,26,27). The SMILES string of the molecule is Cc1cnc(Nc2ccccc2)nc1Nc1ccc2c(c1)CCN(C(=O)CCl)C2. The van der Waals surface area contributed by atoms with Crippen LogP contribution in [0.5, 0.6) is 0 Å². The topological polar surface area (TPSA) is 70.2 Å². The van der Waals surface area contributed by atoms with E-state index in [2.05, 4.69) is 32.7 Å². The van der Waals surface area contributed by atoms with E-state index in [0.29, 0.717) is 19.0 Å². The van der Waals surface area contributed by atoms with Crippen LogP contribution < -0.4 is 10.6 Å². The number of benzene rings is 2. The molecule has 1 aromatic heterocycles. The second-order valence-corrected chi connectivity index (χ2v) is 7.29. The van der Waals surface area contributed by atoms with Gasteiger partial charge in [-0.1, -0.05) is 24.3 Å². The number of hydrogen-bond donors (Lipinski definition) is 2. The predicted molar refractivity (Wildman–Crippen MR) is 116 cm³/mol. The van der Waals surface area contributed by atoms with Gasteiger partial charge in [0, 0.05) is 36.2 Å². The van der Waals surface area contributed by atoms with Gasteiger partial charge in [0.1, 0.15) is 11.7 Å². The Morgan fingerprint density at radius 1 is 1.10 bits per heavy atom. The Labute approximate surface area is 174 Å². The lowest BCUT2D eigenvalue weighted by molar-refractivity contribution is -0.129. The second-order valence-electron chi connectivity index (χ2n) is 7.02. The van der Waals surface area contributed by atoms with Crippen molar-refractivity contribution in [3.05, 3.63) is 71.4 Å². The molecular formula is C22H22ClN5O. The molecule has 0 atom stereocenters. The van der Waals surface area contributed by atoms with Crippen LogP contribution in [0.4, 0.5) is 23.1 Å². The molecule has 0 unspecified atom stereocenters. The van der Waals surface area contributed by atoms with E-state index in [9.17, 15) is 4.79 Å². The van der Waals surface area contributed by atoms with Crippen molar-refractivity contribution in [3.8, 4) is 0 Å². The quantitative estimate of drug-likeness (QED) is 0.613. The van der Waals surface area contributed by atoms with Crippen molar-refractivity contribution in [1.82, 2.24) is 14.9 Å². The van der Waals surface area contributed by atoms with Gasteiger partial charge in [-0.3, -0.25) is 4.79 Å². The van der Waals surface area contributed by atoms with Crippen molar-refractivity contribution >= 4 is 40.6 Å². The van der Waals surface area contributed by atoms with Gasteiger partial charge in [-0.05, 0) is 48.7 Å². The molecule has 148 valence electrons. The molecule has 1 amide bonds. The van der Waals surface area contributed by atoms with E-state index >= 15 is 0 Å². The molecule has 0 saturated heterocycles. The van der Waals surface area contributed by atoms with Crippen molar-refractivity contribution in [1.29, 1.82) is 0 Å². The second kappa shape index (κ2) is 8.49. The molecule has 29 heavy (non-hydrogen) atoms. The van der Waals surface area contributed by atoms with Crippen LogP contribution in [0.25, 0.3) is 0 Å². The van der Waals surface area contributed by atoms with Gasteiger partial charge >= 0.3 is 0 Å². The summed E-state index contributed by atoms with van der Waals surface area (Å²) >= 11 is 5.69. The maximum atomic E-state index is 11.8. The van der Waals surface area contributed by atoms with Gasteiger partial charge in [0.15, 0.2) is 0 Å². The zero-order valence-corrected chi connectivity index (χ0v) is 16.9.